The normalized spacial score (nSPS) is 11.0. The third-order valence-corrected chi connectivity index (χ3v) is 5.28. The molecule has 1 heterocycles. The lowest BCUT2D eigenvalue weighted by molar-refractivity contribution is -0.115. The second-order valence-corrected chi connectivity index (χ2v) is 7.19. The molecule has 0 saturated heterocycles. The van der Waals surface area contributed by atoms with Crippen LogP contribution in [0.2, 0.25) is 10.0 Å². The number of benzene rings is 2. The van der Waals surface area contributed by atoms with E-state index in [1.165, 1.54) is 16.9 Å². The minimum Gasteiger partial charge on any atom is -0.302 e. The molecule has 0 unspecified atom stereocenters. The molecule has 0 fully saturated rings. The Morgan fingerprint density at radius 2 is 1.91 bits per heavy atom. The minimum atomic E-state index is -0.108. The largest absolute Gasteiger partial charge is 0.302 e. The number of carbonyl (C=O) groups is 1. The highest BCUT2D eigenvalue weighted by Gasteiger charge is 2.13. The van der Waals surface area contributed by atoms with Crippen LogP contribution in [0.15, 0.2) is 30.3 Å². The summed E-state index contributed by atoms with van der Waals surface area (Å²) in [7, 11) is 0. The van der Waals surface area contributed by atoms with Crippen LogP contribution in [0.4, 0.5) is 5.13 Å². The van der Waals surface area contributed by atoms with Crippen LogP contribution < -0.4 is 5.32 Å². The smallest absolute Gasteiger partial charge is 0.230 e. The summed E-state index contributed by atoms with van der Waals surface area (Å²) >= 11 is 13.6. The van der Waals surface area contributed by atoms with Crippen LogP contribution in [-0.4, -0.2) is 10.9 Å². The van der Waals surface area contributed by atoms with Crippen LogP contribution >= 0.6 is 34.5 Å². The molecule has 0 aliphatic rings. The van der Waals surface area contributed by atoms with Crippen LogP contribution in [0, 0.1) is 13.8 Å². The van der Waals surface area contributed by atoms with Gasteiger partial charge in [-0.25, -0.2) is 4.98 Å². The number of aryl methyl sites for hydroxylation is 2. The first-order valence-corrected chi connectivity index (χ1v) is 8.62. The van der Waals surface area contributed by atoms with E-state index in [-0.39, 0.29) is 5.91 Å². The number of rotatable bonds is 3. The lowest BCUT2D eigenvalue weighted by Gasteiger charge is -2.06. The van der Waals surface area contributed by atoms with E-state index in [1.54, 1.807) is 12.1 Å². The molecule has 0 bridgehead atoms. The fraction of sp³-hybridized carbons (Fsp3) is 0.176. The SMILES string of the molecule is Cc1ccc(CC(=O)Nc2nc3c(Cl)ccc(Cl)c3s2)c(C)c1. The second-order valence-electron chi connectivity index (χ2n) is 5.38. The topological polar surface area (TPSA) is 42.0 Å². The first-order chi connectivity index (χ1) is 10.9. The number of anilines is 1. The van der Waals surface area contributed by atoms with Gasteiger partial charge in [-0.15, -0.1) is 0 Å². The first-order valence-electron chi connectivity index (χ1n) is 7.04. The van der Waals surface area contributed by atoms with E-state index in [9.17, 15) is 4.79 Å². The summed E-state index contributed by atoms with van der Waals surface area (Å²) in [6.07, 6.45) is 0.309. The number of hydrogen-bond acceptors (Lipinski definition) is 3. The Hall–Kier alpha value is -1.62. The van der Waals surface area contributed by atoms with Crippen molar-refractivity contribution < 1.29 is 4.79 Å². The molecule has 1 N–H and O–H groups in total. The molecule has 1 amide bonds. The molecule has 0 aliphatic carbocycles. The van der Waals surface area contributed by atoms with Gasteiger partial charge in [-0.3, -0.25) is 4.79 Å². The Morgan fingerprint density at radius 1 is 1.17 bits per heavy atom. The summed E-state index contributed by atoms with van der Waals surface area (Å²) in [5.74, 6) is -0.108. The van der Waals surface area contributed by atoms with Gasteiger partial charge >= 0.3 is 0 Å². The second kappa shape index (κ2) is 6.48. The number of amides is 1. The van der Waals surface area contributed by atoms with Crippen molar-refractivity contribution in [1.29, 1.82) is 0 Å². The predicted octanol–water partition coefficient (Wildman–Crippen LogP) is 5.40. The average Bonchev–Trinajstić information content (AvgIpc) is 2.91. The van der Waals surface area contributed by atoms with Gasteiger partial charge in [0.15, 0.2) is 5.13 Å². The maximum Gasteiger partial charge on any atom is 0.230 e. The summed E-state index contributed by atoms with van der Waals surface area (Å²) < 4.78 is 0.779. The number of carbonyl (C=O) groups excluding carboxylic acids is 1. The van der Waals surface area contributed by atoms with Crippen LogP contribution in [0.5, 0.6) is 0 Å². The van der Waals surface area contributed by atoms with Gasteiger partial charge in [-0.1, -0.05) is 58.3 Å². The Morgan fingerprint density at radius 3 is 2.61 bits per heavy atom. The zero-order chi connectivity index (χ0) is 16.6. The van der Waals surface area contributed by atoms with E-state index in [4.69, 9.17) is 23.2 Å². The molecule has 0 atom stereocenters. The molecule has 0 aliphatic heterocycles. The van der Waals surface area contributed by atoms with Gasteiger partial charge in [0.1, 0.15) is 5.52 Å². The van der Waals surface area contributed by atoms with Gasteiger partial charge in [-0.2, -0.15) is 0 Å². The zero-order valence-corrected chi connectivity index (χ0v) is 14.9. The summed E-state index contributed by atoms with van der Waals surface area (Å²) in [5.41, 5.74) is 3.91. The average molecular weight is 365 g/mol. The lowest BCUT2D eigenvalue weighted by Crippen LogP contribution is -2.14. The number of thiazole rings is 1. The molecule has 3 aromatic rings. The van der Waals surface area contributed by atoms with Gasteiger partial charge < -0.3 is 5.32 Å². The van der Waals surface area contributed by atoms with Crippen molar-refractivity contribution in [2.24, 2.45) is 0 Å². The highest BCUT2D eigenvalue weighted by Crippen LogP contribution is 2.36. The molecular formula is C17H14Cl2N2OS. The lowest BCUT2D eigenvalue weighted by atomic mass is 10.0. The van der Waals surface area contributed by atoms with E-state index in [0.717, 1.165) is 15.8 Å². The van der Waals surface area contributed by atoms with Crippen molar-refractivity contribution in [2.75, 3.05) is 5.32 Å². The fourth-order valence-electron chi connectivity index (χ4n) is 2.38. The standard InChI is InChI=1S/C17H14Cl2N2OS/c1-9-3-4-11(10(2)7-9)8-14(22)20-17-21-15-12(18)5-6-13(19)16(15)23-17/h3-7H,8H2,1-2H3,(H,20,21,22). The molecule has 1 aromatic heterocycles. The molecule has 0 radical (unpaired) electrons. The van der Waals surface area contributed by atoms with Gasteiger partial charge in [-0.05, 0) is 37.1 Å². The maximum absolute atomic E-state index is 12.3. The summed E-state index contributed by atoms with van der Waals surface area (Å²) in [4.78, 5) is 16.6. The van der Waals surface area contributed by atoms with E-state index in [0.29, 0.717) is 27.1 Å². The Bertz CT molecular complexity index is 866. The van der Waals surface area contributed by atoms with E-state index in [2.05, 4.69) is 16.4 Å². The maximum atomic E-state index is 12.3. The summed E-state index contributed by atoms with van der Waals surface area (Å²) in [6.45, 7) is 4.04. The highest BCUT2D eigenvalue weighted by molar-refractivity contribution is 7.23. The fourth-order valence-corrected chi connectivity index (χ4v) is 3.82. The molecular weight excluding hydrogens is 351 g/mol. The Kier molecular flexibility index (Phi) is 4.57. The number of nitrogens with one attached hydrogen (secondary N) is 1. The zero-order valence-electron chi connectivity index (χ0n) is 12.6. The number of nitrogens with zero attached hydrogens (tertiary/aromatic N) is 1. The van der Waals surface area contributed by atoms with Crippen molar-refractivity contribution >= 4 is 55.8 Å². The van der Waals surface area contributed by atoms with Crippen molar-refractivity contribution in [1.82, 2.24) is 4.98 Å². The van der Waals surface area contributed by atoms with E-state index < -0.39 is 0 Å². The highest BCUT2D eigenvalue weighted by atomic mass is 35.5. The van der Waals surface area contributed by atoms with Crippen molar-refractivity contribution in [3.63, 3.8) is 0 Å². The quantitative estimate of drug-likeness (QED) is 0.675. The van der Waals surface area contributed by atoms with Crippen LogP contribution in [0.3, 0.4) is 0 Å². The number of fused-ring (bicyclic) bond motifs is 1. The number of hydrogen-bond donors (Lipinski definition) is 1. The molecule has 3 rings (SSSR count). The summed E-state index contributed by atoms with van der Waals surface area (Å²) in [5, 5.41) is 4.44. The van der Waals surface area contributed by atoms with Crippen LogP contribution in [-0.2, 0) is 11.2 Å². The minimum absolute atomic E-state index is 0.108. The Balaban J connectivity index is 1.80. The van der Waals surface area contributed by atoms with Gasteiger partial charge in [0.25, 0.3) is 0 Å². The van der Waals surface area contributed by atoms with Crippen LogP contribution in [0.1, 0.15) is 16.7 Å². The number of aromatic nitrogens is 1. The van der Waals surface area contributed by atoms with Crippen LogP contribution in [0.25, 0.3) is 10.2 Å². The molecule has 0 saturated carbocycles. The number of halogens is 2. The van der Waals surface area contributed by atoms with Gasteiger partial charge in [0.2, 0.25) is 5.91 Å². The van der Waals surface area contributed by atoms with Crippen molar-refractivity contribution in [3.05, 3.63) is 57.1 Å². The molecule has 2 aromatic carbocycles. The molecule has 3 nitrogen and oxygen atoms in total. The molecule has 0 spiro atoms. The third-order valence-electron chi connectivity index (χ3n) is 3.54. The monoisotopic (exact) mass is 364 g/mol. The third kappa shape index (κ3) is 3.50. The first kappa shape index (κ1) is 16.2. The van der Waals surface area contributed by atoms with E-state index >= 15 is 0 Å². The molecule has 118 valence electrons. The molecule has 23 heavy (non-hydrogen) atoms. The Labute approximate surface area is 148 Å². The van der Waals surface area contributed by atoms with Gasteiger partial charge in [0, 0.05) is 0 Å². The van der Waals surface area contributed by atoms with Crippen molar-refractivity contribution in [3.8, 4) is 0 Å². The van der Waals surface area contributed by atoms with E-state index in [1.807, 2.05) is 26.0 Å². The predicted molar refractivity (Wildman–Crippen MR) is 97.9 cm³/mol. The summed E-state index contributed by atoms with van der Waals surface area (Å²) in [6, 6.07) is 9.49. The van der Waals surface area contributed by atoms with Crippen molar-refractivity contribution in [2.45, 2.75) is 20.3 Å². The molecule has 6 heteroatoms. The van der Waals surface area contributed by atoms with Gasteiger partial charge in [0.05, 0.1) is 21.2 Å².